The molecule has 0 saturated heterocycles. The number of methoxy groups -OCH3 is 1. The minimum atomic E-state index is -4.94. The molecule has 0 spiro atoms. The number of rotatable bonds is 4. The van der Waals surface area contributed by atoms with Crippen LogP contribution in [0.5, 0.6) is 5.75 Å². The van der Waals surface area contributed by atoms with Gasteiger partial charge in [0.05, 0.1) is 30.7 Å². The molecule has 0 aliphatic rings. The van der Waals surface area contributed by atoms with E-state index >= 15 is 0 Å². The van der Waals surface area contributed by atoms with Crippen LogP contribution >= 0.6 is 0 Å². The van der Waals surface area contributed by atoms with Gasteiger partial charge in [0.2, 0.25) is 0 Å². The van der Waals surface area contributed by atoms with Crippen molar-refractivity contribution in [2.45, 2.75) is 25.2 Å². The number of hydrogen-bond donors (Lipinski definition) is 0. The number of benzene rings is 2. The van der Waals surface area contributed by atoms with Crippen LogP contribution in [0.3, 0.4) is 0 Å². The number of alkyl halides is 6. The maximum absolute atomic E-state index is 13.1. The van der Waals surface area contributed by atoms with Crippen LogP contribution in [0.4, 0.5) is 26.3 Å². The van der Waals surface area contributed by atoms with E-state index in [2.05, 4.69) is 0 Å². The van der Waals surface area contributed by atoms with E-state index in [9.17, 15) is 26.3 Å². The van der Waals surface area contributed by atoms with Crippen LogP contribution in [0.15, 0.2) is 40.8 Å². The van der Waals surface area contributed by atoms with Crippen molar-refractivity contribution in [2.24, 2.45) is 0 Å². The molecule has 0 radical (unpaired) electrons. The lowest BCUT2D eigenvalue weighted by molar-refractivity contribution is -0.143. The highest BCUT2D eigenvalue weighted by molar-refractivity contribution is 5.84. The molecule has 1 heterocycles. The lowest BCUT2D eigenvalue weighted by Gasteiger charge is -2.14. The summed E-state index contributed by atoms with van der Waals surface area (Å²) in [5, 5.41) is 9.61. The third kappa shape index (κ3) is 4.31. The molecular weight excluding hydrogens is 400 g/mol. The van der Waals surface area contributed by atoms with Crippen LogP contribution in [0.2, 0.25) is 0 Å². The first-order valence-corrected chi connectivity index (χ1v) is 8.26. The van der Waals surface area contributed by atoms with Crippen LogP contribution in [0.25, 0.3) is 11.0 Å². The molecule has 0 fully saturated rings. The topological polar surface area (TPSA) is 46.2 Å². The van der Waals surface area contributed by atoms with Gasteiger partial charge in [0.1, 0.15) is 17.1 Å². The maximum Gasteiger partial charge on any atom is 0.416 e. The molecule has 3 nitrogen and oxygen atoms in total. The van der Waals surface area contributed by atoms with Gasteiger partial charge in [-0.05, 0) is 42.0 Å². The Morgan fingerprint density at radius 2 is 1.59 bits per heavy atom. The predicted octanol–water partition coefficient (Wildman–Crippen LogP) is 6.14. The second-order valence-corrected chi connectivity index (χ2v) is 6.29. The van der Waals surface area contributed by atoms with Crippen molar-refractivity contribution in [1.82, 2.24) is 0 Å². The standard InChI is InChI=1S/C20H13F6NO2/c1-28-14-2-3-17-16(10-14)15(4-5-27)18(29-17)8-11-6-12(19(21,22)23)9-13(7-11)20(24,25)26/h2-3,6-7,9-10H,4,8H2,1H3. The van der Waals surface area contributed by atoms with Gasteiger partial charge in [-0.2, -0.15) is 31.6 Å². The summed E-state index contributed by atoms with van der Waals surface area (Å²) >= 11 is 0. The highest BCUT2D eigenvalue weighted by Crippen LogP contribution is 2.38. The molecule has 0 aliphatic heterocycles. The number of nitrogens with zero attached hydrogens (tertiary/aromatic N) is 1. The maximum atomic E-state index is 13.1. The van der Waals surface area contributed by atoms with Crippen molar-refractivity contribution >= 4 is 11.0 Å². The van der Waals surface area contributed by atoms with E-state index in [4.69, 9.17) is 14.4 Å². The summed E-state index contributed by atoms with van der Waals surface area (Å²) < 4.78 is 89.2. The Bertz CT molecular complexity index is 1060. The Morgan fingerprint density at radius 3 is 2.10 bits per heavy atom. The van der Waals surface area contributed by atoms with E-state index in [-0.39, 0.29) is 30.2 Å². The van der Waals surface area contributed by atoms with Crippen LogP contribution in [0.1, 0.15) is 28.0 Å². The number of hydrogen-bond acceptors (Lipinski definition) is 3. The van der Waals surface area contributed by atoms with Gasteiger partial charge >= 0.3 is 12.4 Å². The van der Waals surface area contributed by atoms with Crippen LogP contribution in [0, 0.1) is 11.3 Å². The lowest BCUT2D eigenvalue weighted by Crippen LogP contribution is -2.12. The van der Waals surface area contributed by atoms with Gasteiger partial charge in [0, 0.05) is 17.4 Å². The second-order valence-electron chi connectivity index (χ2n) is 6.29. The summed E-state index contributed by atoms with van der Waals surface area (Å²) in [4.78, 5) is 0. The first-order chi connectivity index (χ1) is 13.5. The normalized spacial score (nSPS) is 12.2. The molecule has 1 aromatic heterocycles. The SMILES string of the molecule is COc1ccc2oc(Cc3cc(C(F)(F)F)cc(C(F)(F)F)c3)c(CC#N)c2c1. The molecule has 0 bridgehead atoms. The van der Waals surface area contributed by atoms with Crippen molar-refractivity contribution in [1.29, 1.82) is 5.26 Å². The van der Waals surface area contributed by atoms with Crippen molar-refractivity contribution in [3.63, 3.8) is 0 Å². The number of furan rings is 1. The van der Waals surface area contributed by atoms with Crippen molar-refractivity contribution in [2.75, 3.05) is 7.11 Å². The zero-order valence-corrected chi connectivity index (χ0v) is 14.9. The monoisotopic (exact) mass is 413 g/mol. The Morgan fingerprint density at radius 1 is 0.966 bits per heavy atom. The van der Waals surface area contributed by atoms with E-state index < -0.39 is 23.5 Å². The number of ether oxygens (including phenoxy) is 1. The second kappa shape index (κ2) is 7.35. The highest BCUT2D eigenvalue weighted by atomic mass is 19.4. The van der Waals surface area contributed by atoms with Gasteiger partial charge in [-0.3, -0.25) is 0 Å². The number of halogens is 6. The first kappa shape index (κ1) is 20.6. The van der Waals surface area contributed by atoms with Crippen molar-refractivity contribution in [3.8, 4) is 11.8 Å². The zero-order chi connectivity index (χ0) is 21.4. The molecule has 0 atom stereocenters. The summed E-state index contributed by atoms with van der Waals surface area (Å²) in [6.07, 6.45) is -10.3. The Balaban J connectivity index is 2.13. The predicted molar refractivity (Wildman–Crippen MR) is 91.3 cm³/mol. The zero-order valence-electron chi connectivity index (χ0n) is 14.9. The van der Waals surface area contributed by atoms with Gasteiger partial charge in [0.15, 0.2) is 0 Å². The molecule has 0 amide bonds. The Kier molecular flexibility index (Phi) is 5.22. The fourth-order valence-corrected chi connectivity index (χ4v) is 3.03. The molecule has 0 unspecified atom stereocenters. The molecule has 9 heteroatoms. The summed E-state index contributed by atoms with van der Waals surface area (Å²) in [5.74, 6) is 0.602. The fourth-order valence-electron chi connectivity index (χ4n) is 3.03. The molecule has 29 heavy (non-hydrogen) atoms. The molecule has 0 saturated carbocycles. The molecular formula is C20H13F6NO2. The molecule has 0 aliphatic carbocycles. The largest absolute Gasteiger partial charge is 0.497 e. The van der Waals surface area contributed by atoms with Gasteiger partial charge in [-0.25, -0.2) is 0 Å². The molecule has 152 valence electrons. The third-order valence-corrected chi connectivity index (χ3v) is 4.35. The Labute approximate surface area is 161 Å². The van der Waals surface area contributed by atoms with Gasteiger partial charge in [-0.15, -0.1) is 0 Å². The van der Waals surface area contributed by atoms with E-state index in [1.54, 1.807) is 18.2 Å². The quantitative estimate of drug-likeness (QED) is 0.483. The minimum Gasteiger partial charge on any atom is -0.497 e. The summed E-state index contributed by atoms with van der Waals surface area (Å²) in [6, 6.07) is 8.07. The van der Waals surface area contributed by atoms with Crippen LogP contribution in [-0.4, -0.2) is 7.11 Å². The van der Waals surface area contributed by atoms with Crippen LogP contribution < -0.4 is 4.74 Å². The Hall–Kier alpha value is -3.15. The highest BCUT2D eigenvalue weighted by Gasteiger charge is 2.37. The van der Waals surface area contributed by atoms with Crippen molar-refractivity contribution < 1.29 is 35.5 Å². The average molecular weight is 413 g/mol. The van der Waals surface area contributed by atoms with E-state index in [0.29, 0.717) is 34.4 Å². The molecule has 3 rings (SSSR count). The van der Waals surface area contributed by atoms with Gasteiger partial charge in [-0.1, -0.05) is 0 Å². The van der Waals surface area contributed by atoms with Crippen LogP contribution in [-0.2, 0) is 25.2 Å². The molecule has 2 aromatic carbocycles. The summed E-state index contributed by atoms with van der Waals surface area (Å²) in [7, 11) is 1.44. The van der Waals surface area contributed by atoms with E-state index in [1.165, 1.54) is 7.11 Å². The first-order valence-electron chi connectivity index (χ1n) is 8.26. The summed E-state index contributed by atoms with van der Waals surface area (Å²) in [6.45, 7) is 0. The fraction of sp³-hybridized carbons (Fsp3) is 0.250. The molecule has 0 N–H and O–H groups in total. The average Bonchev–Trinajstić information content (AvgIpc) is 2.97. The number of nitriles is 1. The van der Waals surface area contributed by atoms with Gasteiger partial charge < -0.3 is 9.15 Å². The van der Waals surface area contributed by atoms with E-state index in [0.717, 1.165) is 0 Å². The minimum absolute atomic E-state index is 0.0726. The van der Waals surface area contributed by atoms with Gasteiger partial charge in [0.25, 0.3) is 0 Å². The number of fused-ring (bicyclic) bond motifs is 1. The van der Waals surface area contributed by atoms with Crippen molar-refractivity contribution in [3.05, 3.63) is 64.4 Å². The lowest BCUT2D eigenvalue weighted by atomic mass is 9.99. The summed E-state index contributed by atoms with van der Waals surface area (Å²) in [5.41, 5.74) is -2.28. The third-order valence-electron chi connectivity index (χ3n) is 4.35. The smallest absolute Gasteiger partial charge is 0.416 e. The molecule has 3 aromatic rings. The van der Waals surface area contributed by atoms with E-state index in [1.807, 2.05) is 6.07 Å².